The van der Waals surface area contributed by atoms with Crippen molar-refractivity contribution in [3.8, 4) is 0 Å². The monoisotopic (exact) mass is 326 g/mol. The van der Waals surface area contributed by atoms with Gasteiger partial charge in [-0.15, -0.1) is 0 Å². The van der Waals surface area contributed by atoms with E-state index in [1.807, 2.05) is 0 Å². The largest absolute Gasteiger partial charge is 0.465 e. The molecule has 0 fully saturated rings. The molecule has 0 unspecified atom stereocenters. The second kappa shape index (κ2) is 7.57. The Morgan fingerprint density at radius 2 is 1.87 bits per heavy atom. The molecule has 0 heterocycles. The number of rotatable bonds is 4. The van der Waals surface area contributed by atoms with Gasteiger partial charge in [0.2, 0.25) is 5.91 Å². The van der Waals surface area contributed by atoms with Crippen LogP contribution in [0.4, 0.5) is 14.9 Å². The molecule has 7 nitrogen and oxygen atoms in total. The van der Waals surface area contributed by atoms with Gasteiger partial charge in [0.05, 0.1) is 18.4 Å². The van der Waals surface area contributed by atoms with Gasteiger partial charge in [-0.3, -0.25) is 4.79 Å². The molecule has 2 N–H and O–H groups in total. The summed E-state index contributed by atoms with van der Waals surface area (Å²) in [6.45, 7) is 4.64. The van der Waals surface area contributed by atoms with Gasteiger partial charge in [-0.05, 0) is 39.0 Å². The van der Waals surface area contributed by atoms with Crippen molar-refractivity contribution in [3.05, 3.63) is 29.6 Å². The fraction of sp³-hybridized carbons (Fsp3) is 0.400. The smallest absolute Gasteiger partial charge is 0.408 e. The van der Waals surface area contributed by atoms with Gasteiger partial charge in [-0.1, -0.05) is 0 Å². The van der Waals surface area contributed by atoms with Crippen molar-refractivity contribution in [3.63, 3.8) is 0 Å². The summed E-state index contributed by atoms with van der Waals surface area (Å²) in [4.78, 5) is 34.5. The third-order valence-corrected chi connectivity index (χ3v) is 2.45. The number of nitrogens with one attached hydrogen (secondary N) is 2. The number of carbonyl (C=O) groups is 3. The van der Waals surface area contributed by atoms with Gasteiger partial charge in [0.1, 0.15) is 18.0 Å². The topological polar surface area (TPSA) is 93.7 Å². The first-order valence-corrected chi connectivity index (χ1v) is 6.77. The number of esters is 1. The quantitative estimate of drug-likeness (QED) is 0.826. The van der Waals surface area contributed by atoms with Crippen LogP contribution in [-0.2, 0) is 14.3 Å². The molecule has 0 atom stereocenters. The third-order valence-electron chi connectivity index (χ3n) is 2.45. The van der Waals surface area contributed by atoms with Crippen LogP contribution in [0.25, 0.3) is 0 Å². The van der Waals surface area contributed by atoms with E-state index in [4.69, 9.17) is 4.74 Å². The lowest BCUT2D eigenvalue weighted by Gasteiger charge is -2.19. The minimum absolute atomic E-state index is 0.0873. The number of alkyl carbamates (subject to hydrolysis) is 1. The predicted octanol–water partition coefficient (Wildman–Crippen LogP) is 2.08. The SMILES string of the molecule is COC(=O)c1ccc(F)c(NC(=O)CNC(=O)OC(C)(C)C)c1. The average molecular weight is 326 g/mol. The van der Waals surface area contributed by atoms with Crippen molar-refractivity contribution in [2.75, 3.05) is 19.0 Å². The standard InChI is InChI=1S/C15H19FN2O5/c1-15(2,3)23-14(21)17-8-12(19)18-11-7-9(13(20)22-4)5-6-10(11)16/h5-7H,8H2,1-4H3,(H,17,21)(H,18,19). The molecular weight excluding hydrogens is 307 g/mol. The van der Waals surface area contributed by atoms with Crippen LogP contribution in [0.15, 0.2) is 18.2 Å². The highest BCUT2D eigenvalue weighted by Crippen LogP contribution is 2.16. The molecule has 1 aromatic rings. The molecule has 0 saturated carbocycles. The summed E-state index contributed by atoms with van der Waals surface area (Å²) < 4.78 is 23.1. The van der Waals surface area contributed by atoms with Gasteiger partial charge in [-0.2, -0.15) is 0 Å². The maximum absolute atomic E-state index is 13.6. The van der Waals surface area contributed by atoms with Crippen molar-refractivity contribution >= 4 is 23.7 Å². The van der Waals surface area contributed by atoms with E-state index in [-0.39, 0.29) is 11.3 Å². The van der Waals surface area contributed by atoms with E-state index in [9.17, 15) is 18.8 Å². The number of benzene rings is 1. The molecule has 0 spiro atoms. The van der Waals surface area contributed by atoms with E-state index < -0.39 is 35.9 Å². The van der Waals surface area contributed by atoms with Crippen LogP contribution >= 0.6 is 0 Å². The zero-order valence-corrected chi connectivity index (χ0v) is 13.4. The first-order valence-electron chi connectivity index (χ1n) is 6.77. The van der Waals surface area contributed by atoms with Gasteiger partial charge in [-0.25, -0.2) is 14.0 Å². The highest BCUT2D eigenvalue weighted by Gasteiger charge is 2.17. The second-order valence-electron chi connectivity index (χ2n) is 5.59. The number of hydrogen-bond acceptors (Lipinski definition) is 5. The van der Waals surface area contributed by atoms with Crippen molar-refractivity contribution < 1.29 is 28.2 Å². The summed E-state index contributed by atoms with van der Waals surface area (Å²) in [7, 11) is 1.19. The van der Waals surface area contributed by atoms with E-state index in [0.717, 1.165) is 12.1 Å². The lowest BCUT2D eigenvalue weighted by molar-refractivity contribution is -0.115. The zero-order valence-electron chi connectivity index (χ0n) is 13.4. The molecule has 23 heavy (non-hydrogen) atoms. The molecule has 0 bridgehead atoms. The van der Waals surface area contributed by atoms with Crippen LogP contribution in [0.2, 0.25) is 0 Å². The Labute approximate surface area is 133 Å². The fourth-order valence-corrected chi connectivity index (χ4v) is 1.53. The molecule has 0 aliphatic carbocycles. The molecule has 0 aromatic heterocycles. The Morgan fingerprint density at radius 1 is 1.22 bits per heavy atom. The normalized spacial score (nSPS) is 10.7. The summed E-state index contributed by atoms with van der Waals surface area (Å²) >= 11 is 0. The Hall–Kier alpha value is -2.64. The van der Waals surface area contributed by atoms with Gasteiger partial charge in [0, 0.05) is 0 Å². The van der Waals surface area contributed by atoms with Crippen LogP contribution in [0.3, 0.4) is 0 Å². The molecule has 0 saturated heterocycles. The number of hydrogen-bond donors (Lipinski definition) is 2. The van der Waals surface area contributed by atoms with Gasteiger partial charge in [0.25, 0.3) is 0 Å². The van der Waals surface area contributed by atoms with Crippen LogP contribution in [0, 0.1) is 5.82 Å². The van der Waals surface area contributed by atoms with E-state index >= 15 is 0 Å². The van der Waals surface area contributed by atoms with Crippen molar-refractivity contribution in [1.29, 1.82) is 0 Å². The number of halogens is 1. The lowest BCUT2D eigenvalue weighted by atomic mass is 10.2. The molecule has 126 valence electrons. The van der Waals surface area contributed by atoms with E-state index in [0.29, 0.717) is 0 Å². The number of methoxy groups -OCH3 is 1. The number of ether oxygens (including phenoxy) is 2. The first-order chi connectivity index (χ1) is 10.6. The minimum Gasteiger partial charge on any atom is -0.465 e. The summed E-state index contributed by atoms with van der Waals surface area (Å²) in [5, 5.41) is 4.50. The lowest BCUT2D eigenvalue weighted by Crippen LogP contribution is -2.37. The van der Waals surface area contributed by atoms with Crippen LogP contribution < -0.4 is 10.6 Å². The fourth-order valence-electron chi connectivity index (χ4n) is 1.53. The van der Waals surface area contributed by atoms with E-state index in [2.05, 4.69) is 15.4 Å². The minimum atomic E-state index is -0.767. The van der Waals surface area contributed by atoms with Crippen molar-refractivity contribution in [1.82, 2.24) is 5.32 Å². The Kier molecular flexibility index (Phi) is 6.06. The summed E-state index contributed by atoms with van der Waals surface area (Å²) in [6.07, 6.45) is -0.767. The summed E-state index contributed by atoms with van der Waals surface area (Å²) in [6, 6.07) is 3.41. The van der Waals surface area contributed by atoms with Gasteiger partial charge >= 0.3 is 12.1 Å². The van der Waals surface area contributed by atoms with Crippen molar-refractivity contribution in [2.24, 2.45) is 0 Å². The Balaban J connectivity index is 2.64. The number of anilines is 1. The second-order valence-corrected chi connectivity index (χ2v) is 5.59. The first kappa shape index (κ1) is 18.4. The molecule has 0 radical (unpaired) electrons. The zero-order chi connectivity index (χ0) is 17.6. The maximum atomic E-state index is 13.6. The van der Waals surface area contributed by atoms with Gasteiger partial charge in [0.15, 0.2) is 0 Å². The maximum Gasteiger partial charge on any atom is 0.408 e. The van der Waals surface area contributed by atoms with Crippen molar-refractivity contribution in [2.45, 2.75) is 26.4 Å². The molecule has 1 aromatic carbocycles. The van der Waals surface area contributed by atoms with E-state index in [1.54, 1.807) is 20.8 Å². The molecule has 8 heteroatoms. The van der Waals surface area contributed by atoms with Crippen LogP contribution in [-0.4, -0.2) is 37.2 Å². The highest BCUT2D eigenvalue weighted by molar-refractivity contribution is 5.96. The van der Waals surface area contributed by atoms with Gasteiger partial charge < -0.3 is 20.1 Å². The highest BCUT2D eigenvalue weighted by atomic mass is 19.1. The number of amides is 2. The molecule has 0 aliphatic heterocycles. The third kappa shape index (κ3) is 6.33. The van der Waals surface area contributed by atoms with Crippen LogP contribution in [0.1, 0.15) is 31.1 Å². The molecule has 0 aliphatic rings. The Bertz CT molecular complexity index is 610. The number of carbonyl (C=O) groups excluding carboxylic acids is 3. The summed E-state index contributed by atoms with van der Waals surface area (Å²) in [5.41, 5.74) is -0.796. The summed E-state index contributed by atoms with van der Waals surface area (Å²) in [5.74, 6) is -2.05. The van der Waals surface area contributed by atoms with Crippen LogP contribution in [0.5, 0.6) is 0 Å². The van der Waals surface area contributed by atoms with E-state index in [1.165, 1.54) is 13.2 Å². The molecule has 1 rings (SSSR count). The Morgan fingerprint density at radius 3 is 2.43 bits per heavy atom. The predicted molar refractivity (Wildman–Crippen MR) is 80.6 cm³/mol. The molecular formula is C15H19FN2O5. The average Bonchev–Trinajstić information content (AvgIpc) is 2.45. The molecule has 2 amide bonds.